The molecule has 104 valence electrons. The zero-order chi connectivity index (χ0) is 13.3. The molecular formula is C16H23NO2. The third-order valence-electron chi connectivity index (χ3n) is 5.36. The van der Waals surface area contributed by atoms with Crippen molar-refractivity contribution in [1.82, 2.24) is 4.98 Å². The Morgan fingerprint density at radius 1 is 1.37 bits per heavy atom. The molecule has 0 unspecified atom stereocenters. The van der Waals surface area contributed by atoms with Gasteiger partial charge in [0.15, 0.2) is 0 Å². The molecule has 0 saturated heterocycles. The topological polar surface area (TPSA) is 46.3 Å². The number of rotatable bonds is 3. The minimum absolute atomic E-state index is 0.245. The van der Waals surface area contributed by atoms with Gasteiger partial charge in [0, 0.05) is 0 Å². The molecule has 1 aromatic heterocycles. The molecular weight excluding hydrogens is 238 g/mol. The van der Waals surface area contributed by atoms with Gasteiger partial charge in [-0.2, -0.15) is 0 Å². The lowest BCUT2D eigenvalue weighted by Gasteiger charge is -2.50. The average Bonchev–Trinajstić information content (AvgIpc) is 3.00. The third kappa shape index (κ3) is 2.14. The van der Waals surface area contributed by atoms with Crippen molar-refractivity contribution < 1.29 is 9.52 Å². The van der Waals surface area contributed by atoms with Crippen molar-refractivity contribution in [2.75, 3.05) is 0 Å². The lowest BCUT2D eigenvalue weighted by atomic mass is 9.55. The van der Waals surface area contributed by atoms with Gasteiger partial charge in [-0.05, 0) is 42.9 Å². The first kappa shape index (κ1) is 12.9. The summed E-state index contributed by atoms with van der Waals surface area (Å²) in [6.07, 6.45) is 13.3. The Balaban J connectivity index is 1.86. The summed E-state index contributed by atoms with van der Waals surface area (Å²) in [6.45, 7) is 4.10. The second-order valence-electron chi connectivity index (χ2n) is 6.16. The predicted molar refractivity (Wildman–Crippen MR) is 73.4 cm³/mol. The molecule has 0 aliphatic heterocycles. The minimum Gasteiger partial charge on any atom is -0.446 e. The second kappa shape index (κ2) is 5.12. The van der Waals surface area contributed by atoms with E-state index < -0.39 is 6.10 Å². The molecule has 3 nitrogen and oxygen atoms in total. The maximum atomic E-state index is 10.6. The number of aromatic nitrogens is 1. The number of aliphatic hydroxyl groups is 1. The summed E-state index contributed by atoms with van der Waals surface area (Å²) in [7, 11) is 0. The van der Waals surface area contributed by atoms with E-state index in [1.165, 1.54) is 38.5 Å². The van der Waals surface area contributed by atoms with Crippen LogP contribution in [0.4, 0.5) is 0 Å². The van der Waals surface area contributed by atoms with Crippen molar-refractivity contribution in [2.24, 2.45) is 17.3 Å². The van der Waals surface area contributed by atoms with Crippen LogP contribution in [0, 0.1) is 17.3 Å². The van der Waals surface area contributed by atoms with Gasteiger partial charge in [-0.25, -0.2) is 4.98 Å². The molecule has 0 radical (unpaired) electrons. The Bertz CT molecular complexity index is 424. The largest absolute Gasteiger partial charge is 0.446 e. The van der Waals surface area contributed by atoms with Crippen LogP contribution >= 0.6 is 0 Å². The van der Waals surface area contributed by atoms with E-state index >= 15 is 0 Å². The van der Waals surface area contributed by atoms with E-state index in [1.807, 2.05) is 0 Å². The normalized spacial score (nSPS) is 36.5. The zero-order valence-corrected chi connectivity index (χ0v) is 11.4. The van der Waals surface area contributed by atoms with Gasteiger partial charge >= 0.3 is 0 Å². The molecule has 4 atom stereocenters. The highest BCUT2D eigenvalue weighted by Gasteiger charge is 2.47. The number of aliphatic hydroxyl groups excluding tert-OH is 1. The Morgan fingerprint density at radius 2 is 2.21 bits per heavy atom. The van der Waals surface area contributed by atoms with Gasteiger partial charge in [-0.1, -0.05) is 25.3 Å². The smallest absolute Gasteiger partial charge is 0.223 e. The average molecular weight is 261 g/mol. The molecule has 2 aliphatic rings. The minimum atomic E-state index is -0.558. The molecule has 19 heavy (non-hydrogen) atoms. The summed E-state index contributed by atoms with van der Waals surface area (Å²) >= 11 is 0. The Morgan fingerprint density at radius 3 is 2.95 bits per heavy atom. The zero-order valence-electron chi connectivity index (χ0n) is 11.4. The molecule has 1 N–H and O–H groups in total. The highest BCUT2D eigenvalue weighted by atomic mass is 16.4. The summed E-state index contributed by atoms with van der Waals surface area (Å²) in [5.41, 5.74) is 0.245. The maximum absolute atomic E-state index is 10.6. The number of fused-ring (bicyclic) bond motifs is 1. The molecule has 2 fully saturated rings. The Hall–Kier alpha value is -1.09. The van der Waals surface area contributed by atoms with Crippen molar-refractivity contribution in [3.63, 3.8) is 0 Å². The lowest BCUT2D eigenvalue weighted by molar-refractivity contribution is -0.0403. The summed E-state index contributed by atoms with van der Waals surface area (Å²) in [6, 6.07) is 0. The maximum Gasteiger partial charge on any atom is 0.223 e. The third-order valence-corrected chi connectivity index (χ3v) is 5.36. The fraction of sp³-hybridized carbons (Fsp3) is 0.688. The van der Waals surface area contributed by atoms with Gasteiger partial charge in [0.05, 0.1) is 6.20 Å². The molecule has 0 amide bonds. The first-order valence-electron chi connectivity index (χ1n) is 7.48. The van der Waals surface area contributed by atoms with E-state index in [1.54, 1.807) is 12.5 Å². The van der Waals surface area contributed by atoms with E-state index in [4.69, 9.17) is 4.42 Å². The number of hydrogen-bond donors (Lipinski definition) is 1. The summed E-state index contributed by atoms with van der Waals surface area (Å²) in [5.74, 6) is 1.29. The number of nitrogens with zero attached hydrogens (tertiary/aromatic N) is 1. The van der Waals surface area contributed by atoms with Crippen LogP contribution in [0.3, 0.4) is 0 Å². The van der Waals surface area contributed by atoms with Crippen LogP contribution in [0.1, 0.15) is 56.9 Å². The van der Waals surface area contributed by atoms with Crippen LogP contribution < -0.4 is 0 Å². The molecule has 3 heteroatoms. The van der Waals surface area contributed by atoms with E-state index in [9.17, 15) is 5.11 Å². The van der Waals surface area contributed by atoms with E-state index in [0.717, 1.165) is 6.42 Å². The van der Waals surface area contributed by atoms with Crippen molar-refractivity contribution in [3.05, 3.63) is 31.0 Å². The van der Waals surface area contributed by atoms with E-state index in [0.29, 0.717) is 11.8 Å². The predicted octanol–water partition coefficient (Wildman–Crippen LogP) is 3.87. The van der Waals surface area contributed by atoms with Crippen LogP contribution in [-0.4, -0.2) is 10.1 Å². The van der Waals surface area contributed by atoms with Crippen LogP contribution in [0.5, 0.6) is 0 Å². The summed E-state index contributed by atoms with van der Waals surface area (Å²) < 4.78 is 5.31. The van der Waals surface area contributed by atoms with Crippen LogP contribution in [0.25, 0.3) is 0 Å². The lowest BCUT2D eigenvalue weighted by Crippen LogP contribution is -2.42. The van der Waals surface area contributed by atoms with Gasteiger partial charge < -0.3 is 9.52 Å². The number of hydrogen-bond acceptors (Lipinski definition) is 3. The molecule has 3 rings (SSSR count). The summed E-state index contributed by atoms with van der Waals surface area (Å²) in [5, 5.41) is 10.6. The number of allylic oxidation sites excluding steroid dienone is 1. The van der Waals surface area contributed by atoms with Crippen LogP contribution in [0.2, 0.25) is 0 Å². The molecule has 1 heterocycles. The van der Waals surface area contributed by atoms with Gasteiger partial charge in [-0.15, -0.1) is 6.58 Å². The van der Waals surface area contributed by atoms with Gasteiger partial charge in [0.25, 0.3) is 0 Å². The van der Waals surface area contributed by atoms with Crippen LogP contribution in [0.15, 0.2) is 29.5 Å². The molecule has 1 aromatic rings. The van der Waals surface area contributed by atoms with Crippen molar-refractivity contribution in [2.45, 2.75) is 51.0 Å². The molecule has 0 aromatic carbocycles. The quantitative estimate of drug-likeness (QED) is 0.840. The monoisotopic (exact) mass is 261 g/mol. The van der Waals surface area contributed by atoms with Crippen LogP contribution in [-0.2, 0) is 0 Å². The van der Waals surface area contributed by atoms with Gasteiger partial charge in [0.2, 0.25) is 5.89 Å². The first-order valence-corrected chi connectivity index (χ1v) is 7.48. The SMILES string of the molecule is C=C[C@]12CCCC[C@@H]1[C@H]([C@@H](O)c1ncco1)CCC2. The number of oxazole rings is 1. The molecule has 2 aliphatic carbocycles. The first-order chi connectivity index (χ1) is 9.27. The van der Waals surface area contributed by atoms with Crippen molar-refractivity contribution in [1.29, 1.82) is 0 Å². The fourth-order valence-electron chi connectivity index (χ4n) is 4.41. The standard InChI is InChI=1S/C16H23NO2/c1-2-16-8-4-3-7-13(16)12(6-5-9-16)14(18)15-17-10-11-19-15/h2,10-14,18H,1,3-9H2/t12-,13-,14-,16-/m1/s1. The highest BCUT2D eigenvalue weighted by Crippen LogP contribution is 2.56. The summed E-state index contributed by atoms with van der Waals surface area (Å²) in [4.78, 5) is 4.14. The molecule has 0 spiro atoms. The molecule has 2 saturated carbocycles. The van der Waals surface area contributed by atoms with Crippen molar-refractivity contribution >= 4 is 0 Å². The Kier molecular flexibility index (Phi) is 3.48. The molecule has 0 bridgehead atoms. The highest BCUT2D eigenvalue weighted by molar-refractivity contribution is 5.07. The van der Waals surface area contributed by atoms with E-state index in [-0.39, 0.29) is 11.3 Å². The van der Waals surface area contributed by atoms with Crippen molar-refractivity contribution in [3.8, 4) is 0 Å². The second-order valence-corrected chi connectivity index (χ2v) is 6.16. The van der Waals surface area contributed by atoms with Gasteiger partial charge in [0.1, 0.15) is 12.4 Å². The van der Waals surface area contributed by atoms with Gasteiger partial charge in [-0.3, -0.25) is 0 Å². The fourth-order valence-corrected chi connectivity index (χ4v) is 4.41. The Labute approximate surface area is 114 Å². The van der Waals surface area contributed by atoms with E-state index in [2.05, 4.69) is 17.6 Å².